The Kier molecular flexibility index (Phi) is 11.5. The smallest absolute Gasteiger partial charge is 0.149 e. The number of nitrogens with zero attached hydrogens (tertiary/aromatic N) is 4. The molecule has 0 fully saturated rings. The van der Waals surface area contributed by atoms with E-state index in [1.165, 1.54) is 21.7 Å². The molecule has 9 aromatic rings. The molecular formula is C57H61N4OPtSi-. The topological polar surface area (TPSA) is 55.9 Å². The fourth-order valence-electron chi connectivity index (χ4n) is 9.36. The van der Waals surface area contributed by atoms with Crippen LogP contribution in [0.5, 0.6) is 5.75 Å². The molecule has 5 nitrogen and oxygen atoms in total. The van der Waals surface area contributed by atoms with Crippen molar-refractivity contribution >= 4 is 56.9 Å². The first-order chi connectivity index (χ1) is 29.7. The molecule has 0 spiro atoms. The second kappa shape index (κ2) is 16.3. The predicted molar refractivity (Wildman–Crippen MR) is 271 cm³/mol. The van der Waals surface area contributed by atoms with Crippen molar-refractivity contribution in [2.24, 2.45) is 0 Å². The van der Waals surface area contributed by atoms with E-state index < -0.39 is 8.07 Å². The maximum Gasteiger partial charge on any atom is 0.149 e. The molecule has 0 bridgehead atoms. The van der Waals surface area contributed by atoms with Gasteiger partial charge in [-0.15, -0.1) is 5.39 Å². The first kappa shape index (κ1) is 45.3. The zero-order valence-corrected chi connectivity index (χ0v) is 42.9. The Labute approximate surface area is 394 Å². The van der Waals surface area contributed by atoms with E-state index in [9.17, 15) is 5.11 Å². The van der Waals surface area contributed by atoms with Gasteiger partial charge < -0.3 is 9.67 Å². The Morgan fingerprint density at radius 2 is 1.28 bits per heavy atom. The van der Waals surface area contributed by atoms with Crippen molar-refractivity contribution in [3.8, 4) is 39.9 Å². The largest absolute Gasteiger partial charge is 0.507 e. The number of benzene rings is 6. The van der Waals surface area contributed by atoms with Crippen molar-refractivity contribution < 1.29 is 26.2 Å². The fourth-order valence-corrected chi connectivity index (χ4v) is 10.5. The molecule has 0 unspecified atom stereocenters. The minimum Gasteiger partial charge on any atom is -0.507 e. The first-order valence-corrected chi connectivity index (χ1v) is 26.1. The van der Waals surface area contributed by atoms with Crippen molar-refractivity contribution in [3.63, 3.8) is 0 Å². The van der Waals surface area contributed by atoms with Gasteiger partial charge in [-0.25, -0.2) is 9.97 Å². The molecule has 330 valence electrons. The number of hydrogen-bond acceptors (Lipinski definition) is 3. The number of aromatic nitrogens is 4. The third kappa shape index (κ3) is 7.65. The number of fused-ring (bicyclic) bond motifs is 6. The average Bonchev–Trinajstić information content (AvgIpc) is 3.79. The van der Waals surface area contributed by atoms with Crippen LogP contribution in [0.25, 0.3) is 77.8 Å². The number of aromatic hydroxyl groups is 1. The van der Waals surface area contributed by atoms with Gasteiger partial charge in [-0.05, 0) is 80.5 Å². The average molecular weight is 1040 g/mol. The molecule has 3 heterocycles. The summed E-state index contributed by atoms with van der Waals surface area (Å²) in [5.74, 6) is 2.26. The number of rotatable bonds is 7. The van der Waals surface area contributed by atoms with E-state index in [2.05, 4.69) is 213 Å². The molecule has 1 N–H and O–H groups in total. The van der Waals surface area contributed by atoms with Crippen molar-refractivity contribution in [2.75, 3.05) is 0 Å². The summed E-state index contributed by atoms with van der Waals surface area (Å²) >= 11 is 0. The summed E-state index contributed by atoms with van der Waals surface area (Å²) in [5.41, 5.74) is 11.7. The van der Waals surface area contributed by atoms with Gasteiger partial charge in [-0.1, -0.05) is 166 Å². The van der Waals surface area contributed by atoms with Crippen LogP contribution < -0.4 is 5.19 Å². The molecule has 3 aromatic heterocycles. The first-order valence-electron chi connectivity index (χ1n) is 22.6. The molecule has 0 aliphatic rings. The van der Waals surface area contributed by atoms with Gasteiger partial charge in [0.15, 0.2) is 0 Å². The van der Waals surface area contributed by atoms with E-state index in [-0.39, 0.29) is 49.5 Å². The number of hydrogen-bond donors (Lipinski definition) is 1. The Balaban J connectivity index is 0.00000560. The number of pyridine rings is 1. The van der Waals surface area contributed by atoms with Crippen LogP contribution in [0.3, 0.4) is 0 Å². The van der Waals surface area contributed by atoms with Crippen LogP contribution in [0, 0.1) is 6.07 Å². The van der Waals surface area contributed by atoms with Gasteiger partial charge in [0.1, 0.15) is 17.4 Å². The summed E-state index contributed by atoms with van der Waals surface area (Å²) in [7, 11) is -1.73. The Hall–Kier alpha value is -5.29. The van der Waals surface area contributed by atoms with E-state index in [0.717, 1.165) is 83.5 Å². The number of phenolic OH excluding ortho intramolecular Hbond substituents is 1. The molecule has 6 aromatic carbocycles. The van der Waals surface area contributed by atoms with E-state index in [0.29, 0.717) is 0 Å². The Morgan fingerprint density at radius 1 is 0.641 bits per heavy atom. The molecule has 0 saturated carbocycles. The van der Waals surface area contributed by atoms with Crippen LogP contribution in [-0.2, 0) is 31.9 Å². The minimum atomic E-state index is -1.73. The van der Waals surface area contributed by atoms with Gasteiger partial charge in [0.25, 0.3) is 0 Å². The molecule has 0 radical (unpaired) electrons. The van der Waals surface area contributed by atoms with E-state index >= 15 is 0 Å². The van der Waals surface area contributed by atoms with E-state index in [1.807, 2.05) is 6.07 Å². The summed E-state index contributed by atoms with van der Waals surface area (Å²) in [6.45, 7) is 29.9. The van der Waals surface area contributed by atoms with Gasteiger partial charge >= 0.3 is 0 Å². The predicted octanol–water partition coefficient (Wildman–Crippen LogP) is 14.9. The van der Waals surface area contributed by atoms with Crippen LogP contribution >= 0.6 is 0 Å². The molecular weight excluding hydrogens is 980 g/mol. The molecule has 64 heavy (non-hydrogen) atoms. The maximum atomic E-state index is 12.7. The van der Waals surface area contributed by atoms with Gasteiger partial charge in [0, 0.05) is 43.1 Å². The number of phenols is 1. The molecule has 0 aliphatic heterocycles. The third-order valence-corrected chi connectivity index (χ3v) is 14.9. The number of imidazole rings is 1. The Morgan fingerprint density at radius 3 is 1.92 bits per heavy atom. The van der Waals surface area contributed by atoms with Crippen LogP contribution in [-0.4, -0.2) is 32.3 Å². The summed E-state index contributed by atoms with van der Waals surface area (Å²) in [4.78, 5) is 11.3. The summed E-state index contributed by atoms with van der Waals surface area (Å²) in [6.07, 6.45) is 0. The zero-order chi connectivity index (χ0) is 44.9. The minimum absolute atomic E-state index is 0. The molecule has 0 amide bonds. The molecule has 0 aliphatic carbocycles. The monoisotopic (exact) mass is 1040 g/mol. The standard InChI is InChI=1S/C57H61N4OSi.Pt/c1-34(2)42-32-38(63(11,12)13)33-43(35(3)4)52(42)61-53-39-22-15-14-21-36(39)29-44(51(53)59-55(61)45-30-37(56(5,6)7)31-46(54(45)62)57(8,9)10)47-25-20-28-50(58-47)60-48-26-18-16-23-40(48)41-24-17-19-27-49(41)60;/h14-26,28-35,62H,1-13H3;/q-1;. The van der Waals surface area contributed by atoms with Crippen molar-refractivity contribution in [1.29, 1.82) is 0 Å². The van der Waals surface area contributed by atoms with Crippen LogP contribution in [0.4, 0.5) is 0 Å². The van der Waals surface area contributed by atoms with Gasteiger partial charge in [-0.3, -0.25) is 4.57 Å². The van der Waals surface area contributed by atoms with Crippen molar-refractivity contribution in [2.45, 2.75) is 112 Å². The molecule has 9 rings (SSSR count). The molecule has 7 heteroatoms. The third-order valence-electron chi connectivity index (χ3n) is 12.9. The van der Waals surface area contributed by atoms with Crippen LogP contribution in [0.15, 0.2) is 115 Å². The quantitative estimate of drug-likeness (QED) is 0.128. The molecule has 0 atom stereocenters. The summed E-state index contributed by atoms with van der Waals surface area (Å²) < 4.78 is 4.66. The van der Waals surface area contributed by atoms with Crippen LogP contribution in [0.2, 0.25) is 19.6 Å². The van der Waals surface area contributed by atoms with Crippen molar-refractivity contribution in [1.82, 2.24) is 19.1 Å². The SMILES string of the molecule is CC(C)c1cc([Si](C)(C)C)cc(C(C)C)c1-n1c(-c2cc(C(C)(C)C)cc(C(C)(C)C)c2O)nc2c(-c3cccc(-n4c5[c-]cccc5c5ccccc54)n3)cc3ccccc3c21.[Pt]. The van der Waals surface area contributed by atoms with E-state index in [1.54, 1.807) is 0 Å². The van der Waals surface area contributed by atoms with Gasteiger partial charge in [-0.2, -0.15) is 24.3 Å². The van der Waals surface area contributed by atoms with Gasteiger partial charge in [0.05, 0.1) is 36.1 Å². The van der Waals surface area contributed by atoms with Crippen LogP contribution in [0.1, 0.15) is 103 Å². The maximum absolute atomic E-state index is 12.7. The van der Waals surface area contributed by atoms with E-state index in [4.69, 9.17) is 9.97 Å². The number of para-hydroxylation sites is 2. The zero-order valence-electron chi connectivity index (χ0n) is 39.7. The second-order valence-corrected chi connectivity index (χ2v) is 26.3. The van der Waals surface area contributed by atoms with Gasteiger partial charge in [0.2, 0.25) is 0 Å². The normalized spacial score (nSPS) is 12.7. The Bertz CT molecular complexity index is 3180. The molecule has 0 saturated heterocycles. The summed E-state index contributed by atoms with van der Waals surface area (Å²) in [5, 5.41) is 18.7. The second-order valence-electron chi connectivity index (χ2n) is 21.3. The summed E-state index contributed by atoms with van der Waals surface area (Å²) in [6, 6.07) is 44.9. The fraction of sp³-hybridized carbons (Fsp3) is 0.298. The van der Waals surface area contributed by atoms with Crippen molar-refractivity contribution in [3.05, 3.63) is 144 Å².